The fourth-order valence-electron chi connectivity index (χ4n) is 2.82. The minimum atomic E-state index is -0.0948. The van der Waals surface area contributed by atoms with Crippen molar-refractivity contribution >= 4 is 11.6 Å². The second-order valence-corrected chi connectivity index (χ2v) is 5.74. The molecule has 4 rings (SSSR count). The molecule has 0 aliphatic carbocycles. The van der Waals surface area contributed by atoms with Gasteiger partial charge in [-0.05, 0) is 46.7 Å². The number of aromatic nitrogens is 4. The molecule has 3 aromatic rings. The molecule has 0 amide bonds. The minimum Gasteiger partial charge on any atom is -0.497 e. The predicted molar refractivity (Wildman–Crippen MR) is 91.7 cm³/mol. The van der Waals surface area contributed by atoms with Crippen LogP contribution in [-0.4, -0.2) is 27.3 Å². The molecule has 0 spiro atoms. The lowest BCUT2D eigenvalue weighted by Gasteiger charge is -2.23. The minimum absolute atomic E-state index is 0.0948. The van der Waals surface area contributed by atoms with Gasteiger partial charge in [-0.25, -0.2) is 0 Å². The van der Waals surface area contributed by atoms with Crippen LogP contribution in [0.2, 0.25) is 0 Å². The Labute approximate surface area is 139 Å². The van der Waals surface area contributed by atoms with E-state index in [0.29, 0.717) is 5.95 Å². The molecule has 0 saturated carbocycles. The summed E-state index contributed by atoms with van der Waals surface area (Å²) in [5.41, 5.74) is 4.38. The summed E-state index contributed by atoms with van der Waals surface area (Å²) in [6, 6.07) is 16.2. The number of nitrogens with zero attached hydrogens (tertiary/aromatic N) is 4. The molecule has 1 aliphatic heterocycles. The summed E-state index contributed by atoms with van der Waals surface area (Å²) in [6.07, 6.45) is 2.13. The Morgan fingerprint density at radius 3 is 2.75 bits per heavy atom. The second-order valence-electron chi connectivity index (χ2n) is 5.74. The van der Waals surface area contributed by atoms with E-state index in [4.69, 9.17) is 4.74 Å². The molecule has 1 aromatic heterocycles. The lowest BCUT2D eigenvalue weighted by molar-refractivity contribution is 0.413. The molecule has 0 bridgehead atoms. The number of allylic oxidation sites excluding steroid dienone is 1. The van der Waals surface area contributed by atoms with E-state index in [-0.39, 0.29) is 6.04 Å². The predicted octanol–water partition coefficient (Wildman–Crippen LogP) is 3.05. The largest absolute Gasteiger partial charge is 0.497 e. The van der Waals surface area contributed by atoms with Gasteiger partial charge in [0.25, 0.3) is 0 Å². The van der Waals surface area contributed by atoms with Crippen molar-refractivity contribution in [3.05, 3.63) is 71.3 Å². The van der Waals surface area contributed by atoms with Crippen LogP contribution in [-0.2, 0) is 0 Å². The van der Waals surface area contributed by atoms with Crippen molar-refractivity contribution in [2.45, 2.75) is 13.0 Å². The standard InChI is InChI=1S/C18H17N5O/c1-12-6-8-13(9-7-12)16-11-17(23-18(19-16)20-21-22-23)14-4-3-5-15(10-14)24-2/h3-11,17H,1-2H3,(H,19,20,22). The third-order valence-electron chi connectivity index (χ3n) is 4.13. The SMILES string of the molecule is COc1cccc(C2C=C(c3ccc(C)cc3)Nc3nnnn32)c1. The number of benzene rings is 2. The summed E-state index contributed by atoms with van der Waals surface area (Å²) >= 11 is 0. The number of methoxy groups -OCH3 is 1. The van der Waals surface area contributed by atoms with Crippen LogP contribution in [0.1, 0.15) is 22.7 Å². The van der Waals surface area contributed by atoms with Crippen LogP contribution >= 0.6 is 0 Å². The molecular weight excluding hydrogens is 302 g/mol. The number of nitrogens with one attached hydrogen (secondary N) is 1. The van der Waals surface area contributed by atoms with Gasteiger partial charge in [0.05, 0.1) is 7.11 Å². The number of ether oxygens (including phenoxy) is 1. The van der Waals surface area contributed by atoms with Gasteiger partial charge in [-0.1, -0.05) is 47.1 Å². The average molecular weight is 319 g/mol. The third kappa shape index (κ3) is 2.52. The molecule has 6 heteroatoms. The Bertz CT molecular complexity index is 898. The van der Waals surface area contributed by atoms with Crippen LogP contribution in [0.15, 0.2) is 54.6 Å². The second kappa shape index (κ2) is 5.81. The van der Waals surface area contributed by atoms with E-state index in [0.717, 1.165) is 22.6 Å². The molecule has 6 nitrogen and oxygen atoms in total. The molecule has 1 aliphatic rings. The van der Waals surface area contributed by atoms with Gasteiger partial charge in [-0.3, -0.25) is 0 Å². The number of anilines is 1. The Balaban J connectivity index is 1.80. The van der Waals surface area contributed by atoms with Crippen LogP contribution in [0.4, 0.5) is 5.95 Å². The summed E-state index contributed by atoms with van der Waals surface area (Å²) in [5.74, 6) is 1.44. The van der Waals surface area contributed by atoms with Gasteiger partial charge in [0.2, 0.25) is 5.95 Å². The highest BCUT2D eigenvalue weighted by atomic mass is 16.5. The monoisotopic (exact) mass is 319 g/mol. The van der Waals surface area contributed by atoms with Crippen molar-refractivity contribution in [3.8, 4) is 5.75 Å². The molecule has 0 saturated heterocycles. The van der Waals surface area contributed by atoms with Crippen molar-refractivity contribution in [3.63, 3.8) is 0 Å². The molecule has 0 radical (unpaired) electrons. The number of rotatable bonds is 3. The maximum Gasteiger partial charge on any atom is 0.248 e. The van der Waals surface area contributed by atoms with Gasteiger partial charge in [0.1, 0.15) is 11.8 Å². The number of fused-ring (bicyclic) bond motifs is 1. The van der Waals surface area contributed by atoms with Crippen LogP contribution in [0.25, 0.3) is 5.70 Å². The Morgan fingerprint density at radius 1 is 1.12 bits per heavy atom. The van der Waals surface area contributed by atoms with Gasteiger partial charge >= 0.3 is 0 Å². The fourth-order valence-corrected chi connectivity index (χ4v) is 2.82. The third-order valence-corrected chi connectivity index (χ3v) is 4.13. The van der Waals surface area contributed by atoms with E-state index in [1.165, 1.54) is 5.56 Å². The highest BCUT2D eigenvalue weighted by Gasteiger charge is 2.24. The molecule has 2 heterocycles. The van der Waals surface area contributed by atoms with Gasteiger partial charge in [0, 0.05) is 5.70 Å². The topological polar surface area (TPSA) is 64.9 Å². The quantitative estimate of drug-likeness (QED) is 0.804. The smallest absolute Gasteiger partial charge is 0.248 e. The number of aryl methyl sites for hydroxylation is 1. The number of hydrogen-bond acceptors (Lipinski definition) is 5. The van der Waals surface area contributed by atoms with Crippen molar-refractivity contribution in [2.24, 2.45) is 0 Å². The van der Waals surface area contributed by atoms with Gasteiger partial charge in [0.15, 0.2) is 0 Å². The zero-order valence-electron chi connectivity index (χ0n) is 13.5. The van der Waals surface area contributed by atoms with Gasteiger partial charge < -0.3 is 10.1 Å². The summed E-state index contributed by atoms with van der Waals surface area (Å²) in [5, 5.41) is 15.3. The first kappa shape index (κ1) is 14.4. The van der Waals surface area contributed by atoms with Crippen LogP contribution in [0.3, 0.4) is 0 Å². The average Bonchev–Trinajstić information content (AvgIpc) is 3.10. The Morgan fingerprint density at radius 2 is 1.96 bits per heavy atom. The Kier molecular flexibility index (Phi) is 3.49. The maximum absolute atomic E-state index is 5.34. The first-order chi connectivity index (χ1) is 11.7. The molecule has 1 atom stereocenters. The zero-order chi connectivity index (χ0) is 16.5. The molecule has 2 aromatic carbocycles. The van der Waals surface area contributed by atoms with E-state index in [1.54, 1.807) is 11.8 Å². The molecule has 1 unspecified atom stereocenters. The summed E-state index contributed by atoms with van der Waals surface area (Å²) in [6.45, 7) is 2.08. The summed E-state index contributed by atoms with van der Waals surface area (Å²) in [4.78, 5) is 0. The van der Waals surface area contributed by atoms with Crippen molar-refractivity contribution in [2.75, 3.05) is 12.4 Å². The Hall–Kier alpha value is -3.15. The highest BCUT2D eigenvalue weighted by Crippen LogP contribution is 2.32. The molecule has 0 fully saturated rings. The number of tetrazole rings is 1. The van der Waals surface area contributed by atoms with Crippen molar-refractivity contribution in [1.29, 1.82) is 0 Å². The lowest BCUT2D eigenvalue weighted by atomic mass is 10.0. The van der Waals surface area contributed by atoms with Crippen LogP contribution in [0, 0.1) is 6.92 Å². The summed E-state index contributed by atoms with van der Waals surface area (Å²) < 4.78 is 7.11. The van der Waals surface area contributed by atoms with Crippen LogP contribution < -0.4 is 10.1 Å². The van der Waals surface area contributed by atoms with Gasteiger partial charge in [-0.2, -0.15) is 4.68 Å². The van der Waals surface area contributed by atoms with Gasteiger partial charge in [-0.15, -0.1) is 0 Å². The van der Waals surface area contributed by atoms with Crippen molar-refractivity contribution < 1.29 is 4.74 Å². The number of hydrogen-bond donors (Lipinski definition) is 1. The van der Waals surface area contributed by atoms with E-state index in [9.17, 15) is 0 Å². The maximum atomic E-state index is 5.34. The summed E-state index contributed by atoms with van der Waals surface area (Å²) in [7, 11) is 1.66. The van der Waals surface area contributed by atoms with Crippen LogP contribution in [0.5, 0.6) is 5.75 Å². The molecule has 24 heavy (non-hydrogen) atoms. The lowest BCUT2D eigenvalue weighted by Crippen LogP contribution is -2.20. The molecular formula is C18H17N5O. The van der Waals surface area contributed by atoms with Crippen molar-refractivity contribution in [1.82, 2.24) is 20.2 Å². The van der Waals surface area contributed by atoms with E-state index < -0.39 is 0 Å². The zero-order valence-corrected chi connectivity index (χ0v) is 13.5. The first-order valence-corrected chi connectivity index (χ1v) is 7.72. The highest BCUT2D eigenvalue weighted by molar-refractivity contribution is 5.77. The first-order valence-electron chi connectivity index (χ1n) is 7.72. The van der Waals surface area contributed by atoms with E-state index in [2.05, 4.69) is 58.1 Å². The fraction of sp³-hybridized carbons (Fsp3) is 0.167. The molecule has 120 valence electrons. The van der Waals surface area contributed by atoms with E-state index >= 15 is 0 Å². The van der Waals surface area contributed by atoms with E-state index in [1.807, 2.05) is 24.3 Å². The molecule has 1 N–H and O–H groups in total. The normalized spacial score (nSPS) is 16.1.